The normalized spacial score (nSPS) is 26.4. The van der Waals surface area contributed by atoms with Crippen LogP contribution in [0.4, 0.5) is 0 Å². The second kappa shape index (κ2) is 7.05. The van der Waals surface area contributed by atoms with Gasteiger partial charge in [-0.2, -0.15) is 0 Å². The van der Waals surface area contributed by atoms with Crippen molar-refractivity contribution in [3.63, 3.8) is 0 Å². The van der Waals surface area contributed by atoms with Crippen LogP contribution in [0.5, 0.6) is 5.75 Å². The third-order valence-corrected chi connectivity index (χ3v) is 6.17. The van der Waals surface area contributed by atoms with Gasteiger partial charge in [0.1, 0.15) is 11.6 Å². The van der Waals surface area contributed by atoms with E-state index in [4.69, 9.17) is 9.72 Å². The van der Waals surface area contributed by atoms with E-state index in [1.165, 1.54) is 30.0 Å². The second-order valence-corrected chi connectivity index (χ2v) is 7.88. The Balaban J connectivity index is 1.48. The Bertz CT molecular complexity index is 754. The Morgan fingerprint density at radius 3 is 2.62 bits per heavy atom. The third-order valence-electron chi connectivity index (χ3n) is 6.17. The first-order valence-corrected chi connectivity index (χ1v) is 9.70. The number of fused-ring (bicyclic) bond motifs is 1. The van der Waals surface area contributed by atoms with Gasteiger partial charge in [0.25, 0.3) is 0 Å². The molecule has 0 saturated carbocycles. The van der Waals surface area contributed by atoms with Gasteiger partial charge < -0.3 is 9.72 Å². The van der Waals surface area contributed by atoms with Crippen LogP contribution in [-0.4, -0.2) is 53.6 Å². The summed E-state index contributed by atoms with van der Waals surface area (Å²) in [7, 11) is 3.99. The lowest BCUT2D eigenvalue weighted by Crippen LogP contribution is -2.29. The summed E-state index contributed by atoms with van der Waals surface area (Å²) >= 11 is 0. The fraction of sp³-hybridized carbons (Fsp3) is 0.571. The van der Waals surface area contributed by atoms with Gasteiger partial charge in [-0.1, -0.05) is 19.1 Å². The van der Waals surface area contributed by atoms with E-state index in [1.807, 2.05) is 0 Å². The molecule has 1 aromatic heterocycles. The molecule has 1 aromatic carbocycles. The van der Waals surface area contributed by atoms with Crippen LogP contribution >= 0.6 is 0 Å². The van der Waals surface area contributed by atoms with Crippen molar-refractivity contribution in [3.05, 3.63) is 47.0 Å². The van der Waals surface area contributed by atoms with Gasteiger partial charge in [0.15, 0.2) is 0 Å². The van der Waals surface area contributed by atoms with Crippen molar-refractivity contribution in [1.29, 1.82) is 0 Å². The molecule has 3 heterocycles. The molecule has 4 rings (SSSR count). The van der Waals surface area contributed by atoms with E-state index in [0.717, 1.165) is 37.0 Å². The number of aromatic nitrogens is 2. The first-order valence-electron chi connectivity index (χ1n) is 9.70. The zero-order valence-corrected chi connectivity index (χ0v) is 16.3. The molecule has 5 heteroatoms. The average molecular weight is 354 g/mol. The van der Waals surface area contributed by atoms with Gasteiger partial charge in [-0.15, -0.1) is 0 Å². The Hall–Kier alpha value is -1.85. The Labute approximate surface area is 156 Å². The topological polar surface area (TPSA) is 44.4 Å². The van der Waals surface area contributed by atoms with Crippen LogP contribution in [0.15, 0.2) is 24.3 Å². The molecule has 3 atom stereocenters. The molecule has 0 spiro atoms. The van der Waals surface area contributed by atoms with Crippen LogP contribution in [0.25, 0.3) is 0 Å². The molecule has 26 heavy (non-hydrogen) atoms. The number of aromatic amines is 1. The van der Waals surface area contributed by atoms with Gasteiger partial charge >= 0.3 is 0 Å². The number of nitrogens with zero attached hydrogens (tertiary/aromatic N) is 3. The van der Waals surface area contributed by atoms with Crippen molar-refractivity contribution in [2.24, 2.45) is 11.8 Å². The van der Waals surface area contributed by atoms with E-state index < -0.39 is 0 Å². The third kappa shape index (κ3) is 3.14. The minimum absolute atomic E-state index is 0.502. The average Bonchev–Trinajstić information content (AvgIpc) is 3.27. The molecule has 2 aliphatic heterocycles. The summed E-state index contributed by atoms with van der Waals surface area (Å²) in [6.07, 6.45) is 0.969. The largest absolute Gasteiger partial charge is 0.497 e. The predicted molar refractivity (Wildman–Crippen MR) is 103 cm³/mol. The predicted octanol–water partition coefficient (Wildman–Crippen LogP) is 3.02. The van der Waals surface area contributed by atoms with Crippen molar-refractivity contribution >= 4 is 0 Å². The summed E-state index contributed by atoms with van der Waals surface area (Å²) in [6, 6.07) is 9.14. The van der Waals surface area contributed by atoms with Crippen molar-refractivity contribution in [1.82, 2.24) is 19.8 Å². The van der Waals surface area contributed by atoms with Gasteiger partial charge in [-0.25, -0.2) is 4.98 Å². The smallest absolute Gasteiger partial charge is 0.118 e. The van der Waals surface area contributed by atoms with Gasteiger partial charge in [-0.3, -0.25) is 9.80 Å². The molecule has 2 saturated heterocycles. The van der Waals surface area contributed by atoms with E-state index >= 15 is 0 Å². The molecule has 0 amide bonds. The molecule has 5 nitrogen and oxygen atoms in total. The summed E-state index contributed by atoms with van der Waals surface area (Å²) in [4.78, 5) is 13.3. The van der Waals surface area contributed by atoms with Gasteiger partial charge in [-0.05, 0) is 43.5 Å². The Morgan fingerprint density at radius 1 is 1.19 bits per heavy atom. The lowest BCUT2D eigenvalue weighted by Gasteiger charge is -2.26. The maximum absolute atomic E-state index is 5.32. The maximum Gasteiger partial charge on any atom is 0.118 e. The van der Waals surface area contributed by atoms with Crippen molar-refractivity contribution in [2.75, 3.05) is 33.8 Å². The van der Waals surface area contributed by atoms with E-state index in [1.54, 1.807) is 7.11 Å². The van der Waals surface area contributed by atoms with Crippen molar-refractivity contribution < 1.29 is 4.74 Å². The van der Waals surface area contributed by atoms with Gasteiger partial charge in [0.2, 0.25) is 0 Å². The summed E-state index contributed by atoms with van der Waals surface area (Å²) < 4.78 is 5.32. The number of nitrogens with one attached hydrogen (secondary N) is 1. The highest BCUT2D eigenvalue weighted by Gasteiger charge is 2.46. The molecule has 0 unspecified atom stereocenters. The lowest BCUT2D eigenvalue weighted by molar-refractivity contribution is 0.223. The van der Waals surface area contributed by atoms with E-state index in [2.05, 4.69) is 59.9 Å². The molecule has 2 aromatic rings. The number of methoxy groups -OCH3 is 1. The molecular formula is C21H30N4O. The maximum atomic E-state index is 5.32. The highest BCUT2D eigenvalue weighted by molar-refractivity contribution is 5.30. The van der Waals surface area contributed by atoms with Gasteiger partial charge in [0.05, 0.1) is 12.8 Å². The summed E-state index contributed by atoms with van der Waals surface area (Å²) in [5, 5.41) is 0. The number of rotatable bonds is 5. The SMILES string of the molecule is CCc1nc(CN2C[C@@H]3CN(C)[C@H](c4ccc(OC)cc4)[C@@H]3C2)c(C)[nH]1. The Morgan fingerprint density at radius 2 is 1.96 bits per heavy atom. The molecule has 0 aliphatic carbocycles. The summed E-state index contributed by atoms with van der Waals surface area (Å²) in [5.74, 6) is 3.47. The van der Waals surface area contributed by atoms with E-state index in [0.29, 0.717) is 12.0 Å². The fourth-order valence-electron chi connectivity index (χ4n) is 4.88. The fourth-order valence-corrected chi connectivity index (χ4v) is 4.88. The number of benzene rings is 1. The van der Waals surface area contributed by atoms with E-state index in [-0.39, 0.29) is 0 Å². The van der Waals surface area contributed by atoms with Crippen LogP contribution in [0.3, 0.4) is 0 Å². The van der Waals surface area contributed by atoms with Gasteiger partial charge in [0, 0.05) is 44.3 Å². The van der Waals surface area contributed by atoms with Crippen LogP contribution < -0.4 is 4.74 Å². The molecule has 2 fully saturated rings. The molecule has 1 N–H and O–H groups in total. The quantitative estimate of drug-likeness (QED) is 0.896. The number of aryl methyl sites for hydroxylation is 2. The van der Waals surface area contributed by atoms with Crippen LogP contribution in [0.1, 0.15) is 35.7 Å². The van der Waals surface area contributed by atoms with Crippen molar-refractivity contribution in [2.45, 2.75) is 32.9 Å². The Kier molecular flexibility index (Phi) is 4.76. The summed E-state index contributed by atoms with van der Waals surface area (Å²) in [6.45, 7) is 8.77. The van der Waals surface area contributed by atoms with Crippen LogP contribution in [0.2, 0.25) is 0 Å². The highest BCUT2D eigenvalue weighted by Crippen LogP contribution is 2.44. The number of ether oxygens (including phenoxy) is 1. The number of hydrogen-bond donors (Lipinski definition) is 1. The van der Waals surface area contributed by atoms with Crippen molar-refractivity contribution in [3.8, 4) is 5.75 Å². The minimum Gasteiger partial charge on any atom is -0.497 e. The molecule has 2 aliphatic rings. The first-order chi connectivity index (χ1) is 12.6. The van der Waals surface area contributed by atoms with Crippen LogP contribution in [0, 0.1) is 18.8 Å². The van der Waals surface area contributed by atoms with E-state index in [9.17, 15) is 0 Å². The monoisotopic (exact) mass is 354 g/mol. The zero-order valence-electron chi connectivity index (χ0n) is 16.3. The molecule has 0 bridgehead atoms. The zero-order chi connectivity index (χ0) is 18.3. The molecule has 140 valence electrons. The second-order valence-electron chi connectivity index (χ2n) is 7.88. The standard InChI is InChI=1S/C21H30N4O/c1-5-20-22-14(2)19(23-20)13-25-11-16-10-24(3)21(18(16)12-25)15-6-8-17(26-4)9-7-15/h6-9,16,18,21H,5,10-13H2,1-4H3,(H,22,23)/t16-,18+,21+/m0/s1. The number of H-pyrrole nitrogens is 1. The lowest BCUT2D eigenvalue weighted by atomic mass is 9.89. The first kappa shape index (κ1) is 17.6. The highest BCUT2D eigenvalue weighted by atomic mass is 16.5. The number of imidazole rings is 1. The summed E-state index contributed by atoms with van der Waals surface area (Å²) in [5.41, 5.74) is 3.85. The number of hydrogen-bond acceptors (Lipinski definition) is 4. The molecule has 0 radical (unpaired) electrons. The number of likely N-dealkylation sites (tertiary alicyclic amines) is 2. The minimum atomic E-state index is 0.502. The molecular weight excluding hydrogens is 324 g/mol. The van der Waals surface area contributed by atoms with Crippen LogP contribution in [-0.2, 0) is 13.0 Å².